The van der Waals surface area contributed by atoms with Crippen molar-refractivity contribution in [2.45, 2.75) is 31.6 Å². The number of sulfone groups is 1. The summed E-state index contributed by atoms with van der Waals surface area (Å²) in [5, 5.41) is 8.61. The van der Waals surface area contributed by atoms with Crippen LogP contribution >= 0.6 is 0 Å². The van der Waals surface area contributed by atoms with Gasteiger partial charge in [0.25, 0.3) is 0 Å². The zero-order chi connectivity index (χ0) is 21.6. The molecule has 1 aliphatic rings. The van der Waals surface area contributed by atoms with E-state index < -0.39 is 9.84 Å². The number of nitrogens with one attached hydrogen (secondary N) is 1. The lowest BCUT2D eigenvalue weighted by Gasteiger charge is -2.11. The van der Waals surface area contributed by atoms with E-state index in [2.05, 4.69) is 10.4 Å². The molecule has 0 atom stereocenters. The molecule has 0 spiro atoms. The molecule has 1 N–H and O–H groups in total. The third-order valence-corrected chi connectivity index (χ3v) is 5.56. The minimum atomic E-state index is -3.07. The van der Waals surface area contributed by atoms with Crippen LogP contribution in [0.5, 0.6) is 0 Å². The first-order chi connectivity index (χ1) is 14.3. The molecule has 7 nitrogen and oxygen atoms in total. The monoisotopic (exact) mass is 427 g/mol. The van der Waals surface area contributed by atoms with Gasteiger partial charge in [-0.2, -0.15) is 5.10 Å². The Morgan fingerprint density at radius 3 is 2.33 bits per heavy atom. The van der Waals surface area contributed by atoms with E-state index in [9.17, 15) is 18.0 Å². The summed E-state index contributed by atoms with van der Waals surface area (Å²) >= 11 is 0. The summed E-state index contributed by atoms with van der Waals surface area (Å²) in [4.78, 5) is 24.4. The Hall–Kier alpha value is -3.00. The maximum Gasteiger partial charge on any atom is 0.243 e. The zero-order valence-electron chi connectivity index (χ0n) is 16.9. The molecular weight excluding hydrogens is 402 g/mol. The number of carbonyl (C=O) groups excluding carboxylic acids is 2. The highest BCUT2D eigenvalue weighted by Gasteiger charge is 2.21. The molecule has 0 saturated heterocycles. The van der Waals surface area contributed by atoms with Gasteiger partial charge in [-0.15, -0.1) is 0 Å². The fourth-order valence-electron chi connectivity index (χ4n) is 3.17. The minimum absolute atomic E-state index is 0.00722. The largest absolute Gasteiger partial charge is 0.352 e. The van der Waals surface area contributed by atoms with Crippen LogP contribution in [-0.2, 0) is 31.7 Å². The molecule has 0 unspecified atom stereocenters. The van der Waals surface area contributed by atoms with Gasteiger partial charge in [0.1, 0.15) is 0 Å². The molecule has 0 saturated carbocycles. The molecule has 0 radical (unpaired) electrons. The third kappa shape index (κ3) is 6.52. The first kappa shape index (κ1) is 21.7. The van der Waals surface area contributed by atoms with Crippen LogP contribution in [-0.4, -0.2) is 43.8 Å². The molecule has 0 bridgehead atoms. The van der Waals surface area contributed by atoms with E-state index in [1.54, 1.807) is 24.3 Å². The minimum Gasteiger partial charge on any atom is -0.352 e. The number of hydrogen-bond acceptors (Lipinski definition) is 5. The second-order valence-electron chi connectivity index (χ2n) is 7.34. The SMILES string of the molecule is CS(=O)(=O)Cc1ccc(CNC(=O)CCC(=O)N2CCC(c3ccccc3)=N2)cc1. The molecule has 1 aliphatic heterocycles. The van der Waals surface area contributed by atoms with Crippen LogP contribution in [0.2, 0.25) is 0 Å². The van der Waals surface area contributed by atoms with Crippen LogP contribution in [0.4, 0.5) is 0 Å². The Kier molecular flexibility index (Phi) is 6.99. The van der Waals surface area contributed by atoms with Gasteiger partial charge in [-0.05, 0) is 16.7 Å². The number of amides is 2. The predicted molar refractivity (Wildman–Crippen MR) is 115 cm³/mol. The number of hydrogen-bond donors (Lipinski definition) is 1. The summed E-state index contributed by atoms with van der Waals surface area (Å²) in [5.41, 5.74) is 3.46. The summed E-state index contributed by atoms with van der Waals surface area (Å²) in [5.74, 6) is -0.386. The summed E-state index contributed by atoms with van der Waals surface area (Å²) in [6.45, 7) is 0.858. The van der Waals surface area contributed by atoms with Gasteiger partial charge < -0.3 is 5.32 Å². The summed E-state index contributed by atoms with van der Waals surface area (Å²) in [7, 11) is -3.07. The molecule has 8 heteroatoms. The van der Waals surface area contributed by atoms with Gasteiger partial charge >= 0.3 is 0 Å². The Bertz CT molecular complexity index is 1030. The maximum absolute atomic E-state index is 12.3. The molecule has 0 fully saturated rings. The van der Waals surface area contributed by atoms with E-state index >= 15 is 0 Å². The molecule has 158 valence electrons. The average molecular weight is 428 g/mol. The topological polar surface area (TPSA) is 95.9 Å². The maximum atomic E-state index is 12.3. The van der Waals surface area contributed by atoms with Crippen molar-refractivity contribution in [3.8, 4) is 0 Å². The lowest BCUT2D eigenvalue weighted by atomic mass is 10.1. The molecule has 0 aliphatic carbocycles. The van der Waals surface area contributed by atoms with E-state index in [-0.39, 0.29) is 30.4 Å². The standard InChI is InChI=1S/C22H25N3O4S/c1-30(28,29)16-18-9-7-17(8-10-18)15-23-21(26)11-12-22(27)25-14-13-20(24-25)19-5-3-2-4-6-19/h2-10H,11-16H2,1H3,(H,23,26). The molecule has 0 aromatic heterocycles. The molecule has 1 heterocycles. The van der Waals surface area contributed by atoms with Gasteiger partial charge in [-0.25, -0.2) is 13.4 Å². The van der Waals surface area contributed by atoms with E-state index in [1.165, 1.54) is 11.3 Å². The van der Waals surface area contributed by atoms with Gasteiger partial charge in [-0.1, -0.05) is 54.6 Å². The molecule has 2 amide bonds. The zero-order valence-corrected chi connectivity index (χ0v) is 17.7. The van der Waals surface area contributed by atoms with E-state index in [1.807, 2.05) is 30.3 Å². The van der Waals surface area contributed by atoms with Crippen molar-refractivity contribution in [1.82, 2.24) is 10.3 Å². The quantitative estimate of drug-likeness (QED) is 0.699. The van der Waals surface area contributed by atoms with Crippen LogP contribution in [0.15, 0.2) is 59.7 Å². The third-order valence-electron chi connectivity index (χ3n) is 4.70. The Morgan fingerprint density at radius 2 is 1.67 bits per heavy atom. The fourth-order valence-corrected chi connectivity index (χ4v) is 3.96. The van der Waals surface area contributed by atoms with Crippen molar-refractivity contribution >= 4 is 27.4 Å². The normalized spacial score (nSPS) is 13.8. The highest BCUT2D eigenvalue weighted by molar-refractivity contribution is 7.89. The highest BCUT2D eigenvalue weighted by Crippen LogP contribution is 2.15. The summed E-state index contributed by atoms with van der Waals surface area (Å²) < 4.78 is 22.6. The van der Waals surface area contributed by atoms with Crippen molar-refractivity contribution in [2.24, 2.45) is 5.10 Å². The Balaban J connectivity index is 1.42. The molecule has 2 aromatic rings. The van der Waals surface area contributed by atoms with E-state index in [0.29, 0.717) is 25.1 Å². The van der Waals surface area contributed by atoms with Gasteiger partial charge in [-0.3, -0.25) is 9.59 Å². The van der Waals surface area contributed by atoms with Crippen LogP contribution in [0.3, 0.4) is 0 Å². The summed E-state index contributed by atoms with van der Waals surface area (Å²) in [6.07, 6.45) is 2.10. The number of nitrogens with zero attached hydrogens (tertiary/aromatic N) is 2. The number of benzene rings is 2. The van der Waals surface area contributed by atoms with Gasteiger partial charge in [0, 0.05) is 32.1 Å². The van der Waals surface area contributed by atoms with Crippen LogP contribution in [0.25, 0.3) is 0 Å². The van der Waals surface area contributed by atoms with Crippen LogP contribution < -0.4 is 5.32 Å². The van der Waals surface area contributed by atoms with Gasteiger partial charge in [0.05, 0.1) is 18.0 Å². The Morgan fingerprint density at radius 1 is 1.00 bits per heavy atom. The number of carbonyl (C=O) groups is 2. The second kappa shape index (κ2) is 9.67. The summed E-state index contributed by atoms with van der Waals surface area (Å²) in [6, 6.07) is 16.8. The van der Waals surface area contributed by atoms with Crippen LogP contribution in [0, 0.1) is 0 Å². The molecular formula is C22H25N3O4S. The van der Waals surface area contributed by atoms with Crippen molar-refractivity contribution in [1.29, 1.82) is 0 Å². The van der Waals surface area contributed by atoms with E-state index in [4.69, 9.17) is 0 Å². The van der Waals surface area contributed by atoms with Gasteiger partial charge in [0.2, 0.25) is 11.8 Å². The fraction of sp³-hybridized carbons (Fsp3) is 0.318. The lowest BCUT2D eigenvalue weighted by molar-refractivity contribution is -0.133. The molecule has 2 aromatic carbocycles. The van der Waals surface area contributed by atoms with Crippen molar-refractivity contribution in [2.75, 3.05) is 12.8 Å². The first-order valence-electron chi connectivity index (χ1n) is 9.76. The number of rotatable bonds is 8. The predicted octanol–water partition coefficient (Wildman–Crippen LogP) is 2.26. The average Bonchev–Trinajstić information content (AvgIpc) is 3.21. The smallest absolute Gasteiger partial charge is 0.243 e. The highest BCUT2D eigenvalue weighted by atomic mass is 32.2. The van der Waals surface area contributed by atoms with Gasteiger partial charge in [0.15, 0.2) is 9.84 Å². The molecule has 3 rings (SSSR count). The van der Waals surface area contributed by atoms with Crippen molar-refractivity contribution in [3.63, 3.8) is 0 Å². The molecule has 30 heavy (non-hydrogen) atoms. The van der Waals surface area contributed by atoms with Crippen molar-refractivity contribution in [3.05, 3.63) is 71.3 Å². The lowest BCUT2D eigenvalue weighted by Crippen LogP contribution is -2.27. The van der Waals surface area contributed by atoms with Crippen molar-refractivity contribution < 1.29 is 18.0 Å². The Labute approximate surface area is 176 Å². The van der Waals surface area contributed by atoms with Crippen LogP contribution in [0.1, 0.15) is 36.0 Å². The second-order valence-corrected chi connectivity index (χ2v) is 9.48. The van der Waals surface area contributed by atoms with E-state index in [0.717, 1.165) is 16.8 Å². The first-order valence-corrected chi connectivity index (χ1v) is 11.8. The number of hydrazone groups is 1.